The third-order valence-corrected chi connectivity index (χ3v) is 4.73. The van der Waals surface area contributed by atoms with Gasteiger partial charge in [0.1, 0.15) is 0 Å². The average molecular weight is 315 g/mol. The molecular weight excluding hydrogens is 290 g/mol. The number of carbonyl (C=O) groups excluding carboxylic acids is 2. The van der Waals surface area contributed by atoms with Gasteiger partial charge in [0.25, 0.3) is 5.91 Å². The molecule has 0 aromatic heterocycles. The van der Waals surface area contributed by atoms with Gasteiger partial charge < -0.3 is 15.5 Å². The maximum absolute atomic E-state index is 12.7. The molecule has 2 fully saturated rings. The smallest absolute Gasteiger partial charge is 0.255 e. The first-order valence-corrected chi connectivity index (χ1v) is 8.65. The normalized spacial score (nSPS) is 21.7. The molecule has 0 spiro atoms. The Kier molecular flexibility index (Phi) is 5.28. The first kappa shape index (κ1) is 16.0. The second-order valence-corrected chi connectivity index (χ2v) is 6.43. The summed E-state index contributed by atoms with van der Waals surface area (Å²) in [7, 11) is 0. The van der Waals surface area contributed by atoms with Gasteiger partial charge in [-0.1, -0.05) is 12.1 Å². The Bertz CT molecular complexity index is 561. The Balaban J connectivity index is 1.72. The van der Waals surface area contributed by atoms with Gasteiger partial charge in [-0.3, -0.25) is 9.59 Å². The summed E-state index contributed by atoms with van der Waals surface area (Å²) in [6, 6.07) is 7.35. The molecule has 124 valence electrons. The van der Waals surface area contributed by atoms with Crippen molar-refractivity contribution in [3.8, 4) is 0 Å². The summed E-state index contributed by atoms with van der Waals surface area (Å²) in [6.07, 6.45) is 5.24. The molecular formula is C18H25N3O2. The van der Waals surface area contributed by atoms with Crippen LogP contribution in [0.4, 0.5) is 5.69 Å². The quantitative estimate of drug-likeness (QED) is 0.899. The van der Waals surface area contributed by atoms with Crippen LogP contribution >= 0.6 is 0 Å². The van der Waals surface area contributed by atoms with Gasteiger partial charge in [0, 0.05) is 19.6 Å². The van der Waals surface area contributed by atoms with Crippen LogP contribution in [0.5, 0.6) is 0 Å². The molecule has 0 aliphatic carbocycles. The third-order valence-electron chi connectivity index (χ3n) is 4.73. The van der Waals surface area contributed by atoms with Gasteiger partial charge in [-0.25, -0.2) is 0 Å². The van der Waals surface area contributed by atoms with E-state index in [-0.39, 0.29) is 17.7 Å². The van der Waals surface area contributed by atoms with E-state index in [0.717, 1.165) is 45.3 Å². The zero-order valence-electron chi connectivity index (χ0n) is 13.5. The van der Waals surface area contributed by atoms with Crippen LogP contribution in [0.2, 0.25) is 0 Å². The minimum atomic E-state index is -0.0121. The number of carbonyl (C=O) groups is 2. The summed E-state index contributed by atoms with van der Waals surface area (Å²) < 4.78 is 0. The summed E-state index contributed by atoms with van der Waals surface area (Å²) in [5.41, 5.74) is 1.24. The largest absolute Gasteiger partial charge is 0.339 e. The predicted octanol–water partition coefficient (Wildman–Crippen LogP) is 2.25. The highest BCUT2D eigenvalue weighted by Crippen LogP contribution is 2.21. The first-order valence-electron chi connectivity index (χ1n) is 8.65. The van der Waals surface area contributed by atoms with Gasteiger partial charge in [-0.05, 0) is 50.8 Å². The van der Waals surface area contributed by atoms with Gasteiger partial charge in [0.15, 0.2) is 0 Å². The van der Waals surface area contributed by atoms with Crippen LogP contribution in [0.1, 0.15) is 42.5 Å². The molecule has 0 bridgehead atoms. The lowest BCUT2D eigenvalue weighted by Crippen LogP contribution is -2.38. The number of nitrogens with one attached hydrogen (secondary N) is 2. The third kappa shape index (κ3) is 3.91. The van der Waals surface area contributed by atoms with Crippen molar-refractivity contribution < 1.29 is 9.59 Å². The van der Waals surface area contributed by atoms with Gasteiger partial charge in [-0.15, -0.1) is 0 Å². The molecule has 1 unspecified atom stereocenters. The van der Waals surface area contributed by atoms with Crippen LogP contribution in [0, 0.1) is 5.92 Å². The van der Waals surface area contributed by atoms with Gasteiger partial charge in [-0.2, -0.15) is 0 Å². The summed E-state index contributed by atoms with van der Waals surface area (Å²) in [5.74, 6) is 0.0281. The zero-order chi connectivity index (χ0) is 16.1. The number of hydrogen-bond acceptors (Lipinski definition) is 3. The van der Waals surface area contributed by atoms with Crippen molar-refractivity contribution in [3.63, 3.8) is 0 Å². The van der Waals surface area contributed by atoms with Crippen LogP contribution in [0.15, 0.2) is 24.3 Å². The van der Waals surface area contributed by atoms with Crippen molar-refractivity contribution in [3.05, 3.63) is 29.8 Å². The summed E-state index contributed by atoms with van der Waals surface area (Å²) >= 11 is 0. The van der Waals surface area contributed by atoms with Crippen LogP contribution in [-0.4, -0.2) is 42.9 Å². The van der Waals surface area contributed by atoms with Crippen molar-refractivity contribution in [2.75, 3.05) is 31.5 Å². The van der Waals surface area contributed by atoms with E-state index >= 15 is 0 Å². The minimum Gasteiger partial charge on any atom is -0.339 e. The number of benzene rings is 1. The lowest BCUT2D eigenvalue weighted by atomic mass is 9.98. The van der Waals surface area contributed by atoms with Crippen molar-refractivity contribution in [1.29, 1.82) is 0 Å². The zero-order valence-corrected chi connectivity index (χ0v) is 13.5. The maximum atomic E-state index is 12.7. The highest BCUT2D eigenvalue weighted by molar-refractivity contribution is 6.04. The molecule has 2 heterocycles. The molecule has 2 aliphatic rings. The molecule has 1 atom stereocenters. The molecule has 2 N–H and O–H groups in total. The molecule has 1 aromatic carbocycles. The number of nitrogens with zero attached hydrogens (tertiary/aromatic N) is 1. The van der Waals surface area contributed by atoms with Gasteiger partial charge in [0.2, 0.25) is 5.91 Å². The number of anilines is 1. The molecule has 3 rings (SSSR count). The summed E-state index contributed by atoms with van der Waals surface area (Å²) in [4.78, 5) is 27.1. The molecule has 5 heteroatoms. The van der Waals surface area contributed by atoms with E-state index in [4.69, 9.17) is 0 Å². The maximum Gasteiger partial charge on any atom is 0.255 e. The van der Waals surface area contributed by atoms with Gasteiger partial charge in [0.05, 0.1) is 17.2 Å². The van der Waals surface area contributed by atoms with Gasteiger partial charge >= 0.3 is 0 Å². The van der Waals surface area contributed by atoms with E-state index in [1.165, 1.54) is 6.42 Å². The van der Waals surface area contributed by atoms with Crippen molar-refractivity contribution >= 4 is 17.5 Å². The van der Waals surface area contributed by atoms with Crippen molar-refractivity contribution in [1.82, 2.24) is 10.2 Å². The van der Waals surface area contributed by atoms with Crippen molar-refractivity contribution in [2.24, 2.45) is 5.92 Å². The molecule has 2 aliphatic heterocycles. The minimum absolute atomic E-state index is 0.0103. The number of para-hydroxylation sites is 1. The van der Waals surface area contributed by atoms with Crippen LogP contribution in [0.3, 0.4) is 0 Å². The Morgan fingerprint density at radius 2 is 1.87 bits per heavy atom. The Labute approximate surface area is 137 Å². The van der Waals surface area contributed by atoms with E-state index in [2.05, 4.69) is 10.6 Å². The lowest BCUT2D eigenvalue weighted by Gasteiger charge is -2.28. The number of rotatable bonds is 3. The Hall–Kier alpha value is -1.88. The van der Waals surface area contributed by atoms with E-state index < -0.39 is 0 Å². The fourth-order valence-electron chi connectivity index (χ4n) is 3.36. The van der Waals surface area contributed by atoms with Crippen LogP contribution in [0.25, 0.3) is 0 Å². The van der Waals surface area contributed by atoms with Crippen LogP contribution in [-0.2, 0) is 4.79 Å². The lowest BCUT2D eigenvalue weighted by molar-refractivity contribution is -0.120. The standard InChI is InChI=1S/C18H25N3O2/c22-17(14-7-6-10-19-13-14)20-16-9-3-2-8-15(16)18(23)21-11-4-1-5-12-21/h2-3,8-9,14,19H,1,4-7,10-13H2,(H,20,22). The first-order chi connectivity index (χ1) is 11.3. The molecule has 23 heavy (non-hydrogen) atoms. The Morgan fingerprint density at radius 3 is 2.61 bits per heavy atom. The van der Waals surface area contributed by atoms with E-state index in [9.17, 15) is 9.59 Å². The SMILES string of the molecule is O=C(Nc1ccccc1C(=O)N1CCCCC1)C1CCCNC1. The Morgan fingerprint density at radius 1 is 1.09 bits per heavy atom. The fraction of sp³-hybridized carbons (Fsp3) is 0.556. The summed E-state index contributed by atoms with van der Waals surface area (Å²) in [5, 5.41) is 6.23. The van der Waals surface area contributed by atoms with Crippen molar-refractivity contribution in [2.45, 2.75) is 32.1 Å². The molecule has 2 amide bonds. The number of amides is 2. The highest BCUT2D eigenvalue weighted by atomic mass is 16.2. The number of hydrogen-bond donors (Lipinski definition) is 2. The number of piperidine rings is 2. The highest BCUT2D eigenvalue weighted by Gasteiger charge is 2.24. The fourth-order valence-corrected chi connectivity index (χ4v) is 3.36. The number of likely N-dealkylation sites (tertiary alicyclic amines) is 1. The topological polar surface area (TPSA) is 61.4 Å². The van der Waals surface area contributed by atoms with Crippen LogP contribution < -0.4 is 10.6 Å². The van der Waals surface area contributed by atoms with E-state index in [1.807, 2.05) is 29.2 Å². The monoisotopic (exact) mass is 315 g/mol. The molecule has 0 radical (unpaired) electrons. The predicted molar refractivity (Wildman–Crippen MR) is 90.4 cm³/mol. The second-order valence-electron chi connectivity index (χ2n) is 6.43. The average Bonchev–Trinajstić information content (AvgIpc) is 2.63. The second kappa shape index (κ2) is 7.59. The van der Waals surface area contributed by atoms with E-state index in [0.29, 0.717) is 17.8 Å². The molecule has 1 aromatic rings. The molecule has 0 saturated carbocycles. The van der Waals surface area contributed by atoms with E-state index in [1.54, 1.807) is 0 Å². The summed E-state index contributed by atoms with van der Waals surface area (Å²) in [6.45, 7) is 3.32. The molecule has 2 saturated heterocycles. The molecule has 5 nitrogen and oxygen atoms in total.